The van der Waals surface area contributed by atoms with Crippen LogP contribution in [0.1, 0.15) is 61.3 Å². The van der Waals surface area contributed by atoms with Crippen molar-refractivity contribution in [1.29, 1.82) is 0 Å². The molecule has 2 aliphatic rings. The van der Waals surface area contributed by atoms with Crippen molar-refractivity contribution >= 4 is 0 Å². The number of fused-ring (bicyclic) bond motifs is 1. The second kappa shape index (κ2) is 5.87. The predicted molar refractivity (Wildman–Crippen MR) is 83.1 cm³/mol. The highest BCUT2D eigenvalue weighted by atomic mass is 16.5. The van der Waals surface area contributed by atoms with Gasteiger partial charge in [0.2, 0.25) is 0 Å². The fourth-order valence-electron chi connectivity index (χ4n) is 3.79. The average Bonchev–Trinajstić information content (AvgIpc) is 2.46. The number of methoxy groups -OCH3 is 1. The smallest absolute Gasteiger partial charge is 0.0697 e. The van der Waals surface area contributed by atoms with E-state index >= 15 is 0 Å². The maximum absolute atomic E-state index is 5.80. The van der Waals surface area contributed by atoms with E-state index in [1.807, 2.05) is 7.11 Å². The minimum atomic E-state index is 0.129. The van der Waals surface area contributed by atoms with Crippen LogP contribution in [0.3, 0.4) is 0 Å². The Hall–Kier alpha value is -0.860. The maximum atomic E-state index is 5.80. The first-order valence-corrected chi connectivity index (χ1v) is 8.10. The van der Waals surface area contributed by atoms with Crippen LogP contribution in [-0.2, 0) is 17.6 Å². The van der Waals surface area contributed by atoms with Gasteiger partial charge in [0.1, 0.15) is 0 Å². The molecule has 1 aromatic rings. The minimum Gasteiger partial charge on any atom is -0.378 e. The summed E-state index contributed by atoms with van der Waals surface area (Å²) in [4.78, 5) is 0. The lowest BCUT2D eigenvalue weighted by Gasteiger charge is -2.43. The van der Waals surface area contributed by atoms with E-state index in [-0.39, 0.29) is 5.60 Å². The van der Waals surface area contributed by atoms with E-state index in [0.29, 0.717) is 6.04 Å². The van der Waals surface area contributed by atoms with Crippen LogP contribution < -0.4 is 5.32 Å². The van der Waals surface area contributed by atoms with Gasteiger partial charge in [-0.15, -0.1) is 0 Å². The van der Waals surface area contributed by atoms with Crippen LogP contribution >= 0.6 is 0 Å². The average molecular weight is 273 g/mol. The third kappa shape index (κ3) is 2.64. The predicted octanol–water partition coefficient (Wildman–Crippen LogP) is 3.79. The Balaban J connectivity index is 1.78. The van der Waals surface area contributed by atoms with Crippen molar-refractivity contribution in [2.24, 2.45) is 0 Å². The molecule has 1 N–H and O–H groups in total. The molecule has 0 saturated heterocycles. The van der Waals surface area contributed by atoms with Crippen molar-refractivity contribution < 1.29 is 4.74 Å². The number of aryl methyl sites for hydroxylation is 2. The van der Waals surface area contributed by atoms with Gasteiger partial charge in [0.05, 0.1) is 5.60 Å². The molecule has 2 aliphatic carbocycles. The zero-order valence-corrected chi connectivity index (χ0v) is 12.9. The largest absolute Gasteiger partial charge is 0.378 e. The molecule has 1 saturated carbocycles. The van der Waals surface area contributed by atoms with E-state index < -0.39 is 0 Å². The lowest BCUT2D eigenvalue weighted by molar-refractivity contribution is -0.0834. The van der Waals surface area contributed by atoms with Gasteiger partial charge in [0.15, 0.2) is 0 Å². The fraction of sp³-hybridized carbons (Fsp3) is 0.667. The summed E-state index contributed by atoms with van der Waals surface area (Å²) in [5.74, 6) is 0. The molecule has 0 bridgehead atoms. The first-order valence-electron chi connectivity index (χ1n) is 8.10. The molecule has 0 radical (unpaired) electrons. The van der Waals surface area contributed by atoms with Crippen molar-refractivity contribution in [3.05, 3.63) is 34.9 Å². The van der Waals surface area contributed by atoms with Crippen LogP contribution in [0.5, 0.6) is 0 Å². The van der Waals surface area contributed by atoms with E-state index in [1.54, 1.807) is 11.1 Å². The highest BCUT2D eigenvalue weighted by Gasteiger charge is 2.39. The minimum absolute atomic E-state index is 0.129. The van der Waals surface area contributed by atoms with Gasteiger partial charge in [-0.2, -0.15) is 0 Å². The van der Waals surface area contributed by atoms with Gasteiger partial charge in [0, 0.05) is 13.2 Å². The molecule has 0 aliphatic heterocycles. The van der Waals surface area contributed by atoms with Crippen LogP contribution in [0.25, 0.3) is 0 Å². The molecule has 3 rings (SSSR count). The van der Waals surface area contributed by atoms with Gasteiger partial charge in [-0.25, -0.2) is 0 Å². The van der Waals surface area contributed by atoms with Crippen molar-refractivity contribution in [2.45, 2.75) is 63.0 Å². The Kier molecular flexibility index (Phi) is 4.13. The summed E-state index contributed by atoms with van der Waals surface area (Å²) in [6.07, 6.45) is 10.1. The van der Waals surface area contributed by atoms with Crippen LogP contribution in [-0.4, -0.2) is 19.8 Å². The third-order valence-corrected chi connectivity index (χ3v) is 5.40. The lowest BCUT2D eigenvalue weighted by Crippen LogP contribution is -2.42. The van der Waals surface area contributed by atoms with Gasteiger partial charge < -0.3 is 10.1 Å². The second-order valence-electron chi connectivity index (χ2n) is 6.52. The van der Waals surface area contributed by atoms with Gasteiger partial charge in [0.25, 0.3) is 0 Å². The molecule has 2 heteroatoms. The van der Waals surface area contributed by atoms with E-state index in [4.69, 9.17) is 4.74 Å². The molecule has 2 nitrogen and oxygen atoms in total. The summed E-state index contributed by atoms with van der Waals surface area (Å²) in [5, 5.41) is 3.50. The van der Waals surface area contributed by atoms with Crippen molar-refractivity contribution in [2.75, 3.05) is 14.2 Å². The monoisotopic (exact) mass is 273 g/mol. The van der Waals surface area contributed by atoms with E-state index in [2.05, 4.69) is 30.6 Å². The van der Waals surface area contributed by atoms with Crippen molar-refractivity contribution in [1.82, 2.24) is 5.32 Å². The molecule has 20 heavy (non-hydrogen) atoms. The summed E-state index contributed by atoms with van der Waals surface area (Å²) in [6, 6.07) is 7.54. The molecule has 0 heterocycles. The first-order chi connectivity index (χ1) is 9.76. The molecule has 1 aromatic carbocycles. The Morgan fingerprint density at radius 2 is 1.90 bits per heavy atom. The Morgan fingerprint density at radius 1 is 1.15 bits per heavy atom. The normalized spacial score (nSPS) is 21.9. The molecule has 0 aromatic heterocycles. The van der Waals surface area contributed by atoms with Crippen LogP contribution in [0, 0.1) is 0 Å². The quantitative estimate of drug-likeness (QED) is 0.881. The number of ether oxygens (including phenoxy) is 1. The standard InChI is InChI=1S/C18H27NO/c1-19-17(13-18(20-2)10-5-11-18)16-9-8-14-6-3-4-7-15(14)12-16/h8-9,12,17,19H,3-7,10-11,13H2,1-2H3. The molecule has 1 fully saturated rings. The number of hydrogen-bond acceptors (Lipinski definition) is 2. The third-order valence-electron chi connectivity index (χ3n) is 5.40. The highest BCUT2D eigenvalue weighted by Crippen LogP contribution is 2.42. The summed E-state index contributed by atoms with van der Waals surface area (Å²) in [7, 11) is 3.95. The van der Waals surface area contributed by atoms with E-state index in [9.17, 15) is 0 Å². The van der Waals surface area contributed by atoms with Crippen LogP contribution in [0.15, 0.2) is 18.2 Å². The van der Waals surface area contributed by atoms with E-state index in [0.717, 1.165) is 6.42 Å². The molecular formula is C18H27NO. The molecule has 0 amide bonds. The summed E-state index contributed by atoms with van der Waals surface area (Å²) < 4.78 is 5.80. The Morgan fingerprint density at radius 3 is 2.50 bits per heavy atom. The number of rotatable bonds is 5. The summed E-state index contributed by atoms with van der Waals surface area (Å²) in [5.41, 5.74) is 4.72. The fourth-order valence-corrected chi connectivity index (χ4v) is 3.79. The first kappa shape index (κ1) is 14.1. The van der Waals surface area contributed by atoms with Crippen LogP contribution in [0.4, 0.5) is 0 Å². The number of nitrogens with one attached hydrogen (secondary N) is 1. The van der Waals surface area contributed by atoms with Gasteiger partial charge in [-0.05, 0) is 75.1 Å². The SMILES string of the molecule is CNC(CC1(OC)CCC1)c1ccc2c(c1)CCCC2. The maximum Gasteiger partial charge on any atom is 0.0697 e. The van der Waals surface area contributed by atoms with Gasteiger partial charge in [-0.3, -0.25) is 0 Å². The van der Waals surface area contributed by atoms with Gasteiger partial charge in [-0.1, -0.05) is 18.2 Å². The Bertz CT molecular complexity index is 459. The molecule has 1 atom stereocenters. The van der Waals surface area contributed by atoms with Gasteiger partial charge >= 0.3 is 0 Å². The van der Waals surface area contributed by atoms with Crippen LogP contribution in [0.2, 0.25) is 0 Å². The second-order valence-corrected chi connectivity index (χ2v) is 6.52. The highest BCUT2D eigenvalue weighted by molar-refractivity contribution is 5.35. The zero-order chi connectivity index (χ0) is 14.0. The van der Waals surface area contributed by atoms with Crippen molar-refractivity contribution in [3.63, 3.8) is 0 Å². The topological polar surface area (TPSA) is 21.3 Å². The van der Waals surface area contributed by atoms with Crippen molar-refractivity contribution in [3.8, 4) is 0 Å². The number of hydrogen-bond donors (Lipinski definition) is 1. The Labute approximate surface area is 122 Å². The molecule has 110 valence electrons. The molecular weight excluding hydrogens is 246 g/mol. The zero-order valence-electron chi connectivity index (χ0n) is 12.9. The summed E-state index contributed by atoms with van der Waals surface area (Å²) >= 11 is 0. The summed E-state index contributed by atoms with van der Waals surface area (Å²) in [6.45, 7) is 0. The number of benzene rings is 1. The molecule has 1 unspecified atom stereocenters. The molecule has 0 spiro atoms. The van der Waals surface area contributed by atoms with E-state index in [1.165, 1.54) is 50.5 Å². The lowest BCUT2D eigenvalue weighted by atomic mass is 9.74.